The molecule has 0 saturated heterocycles. The molecule has 0 unspecified atom stereocenters. The van der Waals surface area contributed by atoms with E-state index in [2.05, 4.69) is 9.72 Å². The first kappa shape index (κ1) is 13.0. The number of anilines is 2. The fraction of sp³-hybridized carbons (Fsp3) is 0.0833. The van der Waals surface area contributed by atoms with Gasteiger partial charge in [-0.15, -0.1) is 13.2 Å². The molecule has 19 heavy (non-hydrogen) atoms. The van der Waals surface area contributed by atoms with Gasteiger partial charge in [0.05, 0.1) is 0 Å². The average Bonchev–Trinajstić information content (AvgIpc) is 2.28. The second kappa shape index (κ2) is 4.68. The average molecular weight is 269 g/mol. The highest BCUT2D eigenvalue weighted by molar-refractivity contribution is 5.79. The maximum absolute atomic E-state index is 12.3. The fourth-order valence-electron chi connectivity index (χ4n) is 1.62. The summed E-state index contributed by atoms with van der Waals surface area (Å²) in [6, 6.07) is 8.63. The molecule has 0 aliphatic rings. The van der Waals surface area contributed by atoms with Crippen LogP contribution < -0.4 is 16.2 Å². The molecule has 7 heteroatoms. The predicted molar refractivity (Wildman–Crippen MR) is 65.2 cm³/mol. The van der Waals surface area contributed by atoms with Gasteiger partial charge in [0, 0.05) is 11.1 Å². The van der Waals surface area contributed by atoms with E-state index in [1.807, 2.05) is 0 Å². The minimum absolute atomic E-state index is 0.0400. The highest BCUT2D eigenvalue weighted by Crippen LogP contribution is 2.35. The summed E-state index contributed by atoms with van der Waals surface area (Å²) in [5, 5.41) is 0. The van der Waals surface area contributed by atoms with Crippen LogP contribution in [0.25, 0.3) is 11.1 Å². The number of pyridine rings is 1. The number of ether oxygens (including phenoxy) is 1. The minimum Gasteiger partial charge on any atom is -0.405 e. The molecule has 0 amide bonds. The number of nitrogens with two attached hydrogens (primary N) is 2. The standard InChI is InChI=1S/C12H10F3N3O/c13-12(14,15)19-9-4-2-1-3-7(9)8-5-6-10(16)18-11(8)17/h1-6H,(H4,16,17,18). The van der Waals surface area contributed by atoms with Crippen LogP contribution in [0.1, 0.15) is 0 Å². The third kappa shape index (κ3) is 3.06. The fourth-order valence-corrected chi connectivity index (χ4v) is 1.62. The van der Waals surface area contributed by atoms with Gasteiger partial charge in [0.1, 0.15) is 17.4 Å². The van der Waals surface area contributed by atoms with Crippen LogP contribution in [0.2, 0.25) is 0 Å². The molecule has 2 aromatic rings. The number of para-hydroxylation sites is 1. The first-order chi connectivity index (χ1) is 8.87. The number of nitrogen functional groups attached to an aromatic ring is 2. The van der Waals surface area contributed by atoms with E-state index in [1.165, 1.54) is 30.3 Å². The maximum Gasteiger partial charge on any atom is 0.573 e. The summed E-state index contributed by atoms with van der Waals surface area (Å²) < 4.78 is 40.9. The molecule has 4 N–H and O–H groups in total. The van der Waals surface area contributed by atoms with E-state index in [0.717, 1.165) is 0 Å². The van der Waals surface area contributed by atoms with E-state index >= 15 is 0 Å². The van der Waals surface area contributed by atoms with Gasteiger partial charge in [-0.3, -0.25) is 0 Å². The minimum atomic E-state index is -4.77. The molecule has 0 aliphatic heterocycles. The lowest BCUT2D eigenvalue weighted by atomic mass is 10.1. The van der Waals surface area contributed by atoms with Crippen LogP contribution in [0, 0.1) is 0 Å². The number of nitrogens with zero attached hydrogens (tertiary/aromatic N) is 1. The van der Waals surface area contributed by atoms with Crippen LogP contribution in [-0.2, 0) is 0 Å². The molecule has 4 nitrogen and oxygen atoms in total. The Balaban J connectivity index is 2.50. The molecular weight excluding hydrogens is 259 g/mol. The number of hydrogen-bond donors (Lipinski definition) is 2. The molecule has 1 aromatic carbocycles. The van der Waals surface area contributed by atoms with Crippen molar-refractivity contribution in [2.45, 2.75) is 6.36 Å². The SMILES string of the molecule is Nc1ccc(-c2ccccc2OC(F)(F)F)c(N)n1. The van der Waals surface area contributed by atoms with E-state index in [4.69, 9.17) is 11.5 Å². The van der Waals surface area contributed by atoms with Crippen molar-refractivity contribution in [1.82, 2.24) is 4.98 Å². The second-order valence-corrected chi connectivity index (χ2v) is 3.71. The number of halogens is 3. The third-order valence-electron chi connectivity index (χ3n) is 2.35. The van der Waals surface area contributed by atoms with Crippen LogP contribution >= 0.6 is 0 Å². The van der Waals surface area contributed by atoms with Crippen molar-refractivity contribution in [2.24, 2.45) is 0 Å². The van der Waals surface area contributed by atoms with Crippen molar-refractivity contribution in [3.8, 4) is 16.9 Å². The van der Waals surface area contributed by atoms with E-state index in [-0.39, 0.29) is 22.9 Å². The van der Waals surface area contributed by atoms with Gasteiger partial charge in [0.15, 0.2) is 0 Å². The molecule has 0 saturated carbocycles. The molecule has 1 aromatic heterocycles. The summed E-state index contributed by atoms with van der Waals surface area (Å²) in [5.74, 6) is -0.109. The molecule has 0 fully saturated rings. The number of benzene rings is 1. The van der Waals surface area contributed by atoms with Crippen LogP contribution in [0.4, 0.5) is 24.8 Å². The maximum atomic E-state index is 12.3. The Labute approximate surface area is 106 Å². The summed E-state index contributed by atoms with van der Waals surface area (Å²) in [5.41, 5.74) is 11.6. The monoisotopic (exact) mass is 269 g/mol. The van der Waals surface area contributed by atoms with Gasteiger partial charge in [-0.1, -0.05) is 18.2 Å². The Kier molecular flexibility index (Phi) is 3.20. The van der Waals surface area contributed by atoms with Crippen molar-refractivity contribution in [3.63, 3.8) is 0 Å². The molecule has 0 radical (unpaired) electrons. The molecule has 0 atom stereocenters. The highest BCUT2D eigenvalue weighted by atomic mass is 19.4. The van der Waals surface area contributed by atoms with Crippen molar-refractivity contribution in [1.29, 1.82) is 0 Å². The van der Waals surface area contributed by atoms with Gasteiger partial charge in [0.2, 0.25) is 0 Å². The zero-order valence-corrected chi connectivity index (χ0v) is 9.61. The Hall–Kier alpha value is -2.44. The summed E-state index contributed by atoms with van der Waals surface area (Å²) in [6.45, 7) is 0. The van der Waals surface area contributed by atoms with Crippen LogP contribution in [0.3, 0.4) is 0 Å². The second-order valence-electron chi connectivity index (χ2n) is 3.71. The largest absolute Gasteiger partial charge is 0.573 e. The summed E-state index contributed by atoms with van der Waals surface area (Å²) >= 11 is 0. The number of alkyl halides is 3. The quantitative estimate of drug-likeness (QED) is 0.879. The molecular formula is C12H10F3N3O. The Bertz CT molecular complexity index is 599. The number of hydrogen-bond acceptors (Lipinski definition) is 4. The number of aromatic nitrogens is 1. The van der Waals surface area contributed by atoms with Gasteiger partial charge < -0.3 is 16.2 Å². The van der Waals surface area contributed by atoms with Crippen LogP contribution in [0.5, 0.6) is 5.75 Å². The summed E-state index contributed by atoms with van der Waals surface area (Å²) in [7, 11) is 0. The third-order valence-corrected chi connectivity index (χ3v) is 2.35. The van der Waals surface area contributed by atoms with E-state index in [9.17, 15) is 13.2 Å². The zero-order chi connectivity index (χ0) is 14.0. The highest BCUT2D eigenvalue weighted by Gasteiger charge is 2.32. The normalized spacial score (nSPS) is 11.3. The lowest BCUT2D eigenvalue weighted by Crippen LogP contribution is -2.17. The van der Waals surface area contributed by atoms with Crippen molar-refractivity contribution >= 4 is 11.6 Å². The first-order valence-electron chi connectivity index (χ1n) is 5.24. The van der Waals surface area contributed by atoms with E-state index in [1.54, 1.807) is 6.07 Å². The molecule has 0 bridgehead atoms. The Morgan fingerprint density at radius 2 is 1.63 bits per heavy atom. The van der Waals surface area contributed by atoms with Crippen molar-refractivity contribution in [2.75, 3.05) is 11.5 Å². The number of rotatable bonds is 2. The topological polar surface area (TPSA) is 74.2 Å². The van der Waals surface area contributed by atoms with E-state index in [0.29, 0.717) is 5.56 Å². The van der Waals surface area contributed by atoms with Gasteiger partial charge in [-0.25, -0.2) is 4.98 Å². The first-order valence-corrected chi connectivity index (χ1v) is 5.24. The Morgan fingerprint density at radius 3 is 2.26 bits per heavy atom. The molecule has 0 spiro atoms. The van der Waals surface area contributed by atoms with E-state index < -0.39 is 6.36 Å². The van der Waals surface area contributed by atoms with Gasteiger partial charge in [-0.05, 0) is 18.2 Å². The van der Waals surface area contributed by atoms with Gasteiger partial charge in [0.25, 0.3) is 0 Å². The van der Waals surface area contributed by atoms with Gasteiger partial charge >= 0.3 is 6.36 Å². The Morgan fingerprint density at radius 1 is 0.947 bits per heavy atom. The molecule has 100 valence electrons. The molecule has 0 aliphatic carbocycles. The van der Waals surface area contributed by atoms with Crippen molar-refractivity contribution in [3.05, 3.63) is 36.4 Å². The smallest absolute Gasteiger partial charge is 0.405 e. The summed E-state index contributed by atoms with van der Waals surface area (Å²) in [6.07, 6.45) is -4.77. The van der Waals surface area contributed by atoms with Gasteiger partial charge in [-0.2, -0.15) is 0 Å². The lowest BCUT2D eigenvalue weighted by Gasteiger charge is -2.14. The molecule has 1 heterocycles. The van der Waals surface area contributed by atoms with Crippen LogP contribution in [-0.4, -0.2) is 11.3 Å². The van der Waals surface area contributed by atoms with Crippen LogP contribution in [0.15, 0.2) is 36.4 Å². The van der Waals surface area contributed by atoms with Crippen molar-refractivity contribution < 1.29 is 17.9 Å². The lowest BCUT2D eigenvalue weighted by molar-refractivity contribution is -0.274. The predicted octanol–water partition coefficient (Wildman–Crippen LogP) is 2.81. The summed E-state index contributed by atoms with van der Waals surface area (Å²) in [4.78, 5) is 3.81. The molecule has 2 rings (SSSR count). The zero-order valence-electron chi connectivity index (χ0n) is 9.61.